The van der Waals surface area contributed by atoms with Crippen LogP contribution in [0.3, 0.4) is 0 Å². The first-order chi connectivity index (χ1) is 10.7. The molecule has 0 aliphatic carbocycles. The van der Waals surface area contributed by atoms with Crippen molar-refractivity contribution in [1.82, 2.24) is 25.5 Å². The van der Waals surface area contributed by atoms with Crippen molar-refractivity contribution in [3.05, 3.63) is 41.2 Å². The second-order valence-electron chi connectivity index (χ2n) is 5.62. The van der Waals surface area contributed by atoms with Crippen LogP contribution >= 0.6 is 0 Å². The zero-order chi connectivity index (χ0) is 15.4. The molecule has 6 nitrogen and oxygen atoms in total. The summed E-state index contributed by atoms with van der Waals surface area (Å²) in [5.41, 5.74) is 3.68. The van der Waals surface area contributed by atoms with Crippen LogP contribution < -0.4 is 4.74 Å². The van der Waals surface area contributed by atoms with Gasteiger partial charge in [0, 0.05) is 25.2 Å². The van der Waals surface area contributed by atoms with Gasteiger partial charge in [0.2, 0.25) is 5.82 Å². The molecule has 1 aromatic carbocycles. The lowest BCUT2D eigenvalue weighted by Crippen LogP contribution is -2.33. The summed E-state index contributed by atoms with van der Waals surface area (Å²) in [6, 6.07) is 6.22. The van der Waals surface area contributed by atoms with Crippen molar-refractivity contribution in [2.24, 2.45) is 0 Å². The van der Waals surface area contributed by atoms with E-state index in [1.54, 1.807) is 0 Å². The lowest BCUT2D eigenvalue weighted by Gasteiger charge is -2.26. The molecule has 3 rings (SSSR count). The number of ether oxygens (including phenoxy) is 1. The van der Waals surface area contributed by atoms with Gasteiger partial charge in [0.05, 0.1) is 0 Å². The molecule has 1 aliphatic rings. The third-order valence-corrected chi connectivity index (χ3v) is 4.02. The molecule has 1 aliphatic heterocycles. The van der Waals surface area contributed by atoms with E-state index in [4.69, 9.17) is 4.74 Å². The predicted octanol–water partition coefficient (Wildman–Crippen LogP) is 1.98. The Morgan fingerprint density at radius 2 is 2.18 bits per heavy atom. The molecule has 0 bridgehead atoms. The number of hydrogen-bond acceptors (Lipinski definition) is 5. The van der Waals surface area contributed by atoms with Crippen LogP contribution in [0, 0.1) is 13.8 Å². The summed E-state index contributed by atoms with van der Waals surface area (Å²) in [7, 11) is 0. The molecule has 6 heteroatoms. The van der Waals surface area contributed by atoms with Crippen LogP contribution in [0.5, 0.6) is 5.75 Å². The Kier molecular flexibility index (Phi) is 4.48. The number of aryl methyl sites for hydroxylation is 2. The highest BCUT2D eigenvalue weighted by Gasteiger charge is 2.16. The molecule has 0 saturated carbocycles. The molecule has 0 amide bonds. The quantitative estimate of drug-likeness (QED) is 0.914. The first-order valence-electron chi connectivity index (χ1n) is 7.57. The highest BCUT2D eigenvalue weighted by atomic mass is 16.5. The fraction of sp³-hybridized carbons (Fsp3) is 0.438. The van der Waals surface area contributed by atoms with E-state index in [0.717, 1.165) is 37.4 Å². The molecule has 1 N–H and O–H groups in total. The zero-order valence-corrected chi connectivity index (χ0v) is 13.0. The maximum Gasteiger partial charge on any atom is 0.201 e. The standard InChI is InChI=1S/C16H21N5O/c1-12-5-6-15(10-13(12)2)22-9-8-21-7-3-4-14(11-21)16-17-19-20-18-16/h4-6,10H,3,7-9,11H2,1-2H3,(H,17,18,19,20). The minimum Gasteiger partial charge on any atom is -0.492 e. The summed E-state index contributed by atoms with van der Waals surface area (Å²) in [6.07, 6.45) is 3.19. The Hall–Kier alpha value is -2.21. The Labute approximate surface area is 130 Å². The summed E-state index contributed by atoms with van der Waals surface area (Å²) in [5, 5.41) is 14.2. The molecule has 0 spiro atoms. The molecular formula is C16H21N5O. The van der Waals surface area contributed by atoms with Gasteiger partial charge in [-0.1, -0.05) is 12.1 Å². The number of aromatic amines is 1. The molecule has 0 radical (unpaired) electrons. The van der Waals surface area contributed by atoms with Crippen LogP contribution in [0.2, 0.25) is 0 Å². The topological polar surface area (TPSA) is 66.9 Å². The molecular weight excluding hydrogens is 278 g/mol. The summed E-state index contributed by atoms with van der Waals surface area (Å²) in [5.74, 6) is 1.63. The smallest absolute Gasteiger partial charge is 0.201 e. The number of aromatic nitrogens is 4. The van der Waals surface area contributed by atoms with Crippen LogP contribution in [0.25, 0.3) is 5.57 Å². The second-order valence-corrected chi connectivity index (χ2v) is 5.62. The highest BCUT2D eigenvalue weighted by Crippen LogP contribution is 2.18. The van der Waals surface area contributed by atoms with E-state index < -0.39 is 0 Å². The van der Waals surface area contributed by atoms with Gasteiger partial charge < -0.3 is 4.74 Å². The van der Waals surface area contributed by atoms with Gasteiger partial charge in [0.15, 0.2) is 0 Å². The molecule has 22 heavy (non-hydrogen) atoms. The van der Waals surface area contributed by atoms with Crippen LogP contribution in [0.4, 0.5) is 0 Å². The number of H-pyrrole nitrogens is 1. The maximum absolute atomic E-state index is 5.86. The zero-order valence-electron chi connectivity index (χ0n) is 13.0. The number of nitrogens with zero attached hydrogens (tertiary/aromatic N) is 4. The Morgan fingerprint density at radius 3 is 2.95 bits per heavy atom. The molecule has 2 heterocycles. The Balaban J connectivity index is 1.50. The van der Waals surface area contributed by atoms with Crippen molar-refractivity contribution < 1.29 is 4.74 Å². The van der Waals surface area contributed by atoms with E-state index in [0.29, 0.717) is 12.4 Å². The van der Waals surface area contributed by atoms with E-state index in [1.165, 1.54) is 11.1 Å². The predicted molar refractivity (Wildman–Crippen MR) is 84.6 cm³/mol. The van der Waals surface area contributed by atoms with Gasteiger partial charge in [0.1, 0.15) is 12.4 Å². The first kappa shape index (κ1) is 14.7. The summed E-state index contributed by atoms with van der Waals surface area (Å²) in [4.78, 5) is 2.35. The van der Waals surface area contributed by atoms with Crippen LogP contribution in [-0.4, -0.2) is 51.8 Å². The lowest BCUT2D eigenvalue weighted by atomic mass is 10.1. The molecule has 2 aromatic rings. The molecule has 0 unspecified atom stereocenters. The molecule has 0 saturated heterocycles. The van der Waals surface area contributed by atoms with Gasteiger partial charge in [-0.2, -0.15) is 5.21 Å². The Bertz CT molecular complexity index is 651. The van der Waals surface area contributed by atoms with E-state index in [2.05, 4.69) is 57.6 Å². The SMILES string of the molecule is Cc1ccc(OCCN2CCC=C(c3nn[nH]n3)C2)cc1C. The van der Waals surface area contributed by atoms with E-state index in [-0.39, 0.29) is 0 Å². The number of hydrogen-bond donors (Lipinski definition) is 1. The van der Waals surface area contributed by atoms with Gasteiger partial charge in [-0.05, 0) is 48.7 Å². The Morgan fingerprint density at radius 1 is 1.27 bits per heavy atom. The van der Waals surface area contributed by atoms with Crippen molar-refractivity contribution in [3.63, 3.8) is 0 Å². The van der Waals surface area contributed by atoms with E-state index >= 15 is 0 Å². The number of nitrogens with one attached hydrogen (secondary N) is 1. The van der Waals surface area contributed by atoms with Crippen molar-refractivity contribution >= 4 is 5.57 Å². The number of benzene rings is 1. The average molecular weight is 299 g/mol. The van der Waals surface area contributed by atoms with Gasteiger partial charge >= 0.3 is 0 Å². The first-order valence-corrected chi connectivity index (χ1v) is 7.57. The van der Waals surface area contributed by atoms with Crippen molar-refractivity contribution in [2.45, 2.75) is 20.3 Å². The summed E-state index contributed by atoms with van der Waals surface area (Å²) in [6.45, 7) is 7.67. The molecule has 0 fully saturated rings. The van der Waals surface area contributed by atoms with Crippen molar-refractivity contribution in [3.8, 4) is 5.75 Å². The average Bonchev–Trinajstić information content (AvgIpc) is 3.06. The third-order valence-electron chi connectivity index (χ3n) is 4.02. The molecule has 116 valence electrons. The van der Waals surface area contributed by atoms with Gasteiger partial charge in [-0.25, -0.2) is 0 Å². The van der Waals surface area contributed by atoms with Crippen molar-refractivity contribution in [1.29, 1.82) is 0 Å². The largest absolute Gasteiger partial charge is 0.492 e. The summed E-state index contributed by atoms with van der Waals surface area (Å²) < 4.78 is 5.86. The van der Waals surface area contributed by atoms with Crippen molar-refractivity contribution in [2.75, 3.05) is 26.2 Å². The summed E-state index contributed by atoms with van der Waals surface area (Å²) >= 11 is 0. The van der Waals surface area contributed by atoms with Crippen LogP contribution in [-0.2, 0) is 0 Å². The lowest BCUT2D eigenvalue weighted by molar-refractivity contribution is 0.223. The normalized spacial score (nSPS) is 15.6. The number of tetrazole rings is 1. The van der Waals surface area contributed by atoms with Gasteiger partial charge in [-0.15, -0.1) is 10.2 Å². The van der Waals surface area contributed by atoms with Crippen LogP contribution in [0.15, 0.2) is 24.3 Å². The fourth-order valence-corrected chi connectivity index (χ4v) is 2.55. The minimum atomic E-state index is 0.683. The number of rotatable bonds is 5. The second kappa shape index (κ2) is 6.70. The van der Waals surface area contributed by atoms with Gasteiger partial charge in [-0.3, -0.25) is 4.90 Å². The molecule has 1 aromatic heterocycles. The fourth-order valence-electron chi connectivity index (χ4n) is 2.55. The highest BCUT2D eigenvalue weighted by molar-refractivity contribution is 5.61. The van der Waals surface area contributed by atoms with Gasteiger partial charge in [0.25, 0.3) is 0 Å². The van der Waals surface area contributed by atoms with E-state index in [9.17, 15) is 0 Å². The molecule has 0 atom stereocenters. The maximum atomic E-state index is 5.86. The third kappa shape index (κ3) is 3.51. The van der Waals surface area contributed by atoms with E-state index in [1.807, 2.05) is 6.07 Å². The monoisotopic (exact) mass is 299 g/mol. The minimum absolute atomic E-state index is 0.683. The van der Waals surface area contributed by atoms with Crippen LogP contribution in [0.1, 0.15) is 23.4 Å².